The summed E-state index contributed by atoms with van der Waals surface area (Å²) in [6.07, 6.45) is 0.0837. The third kappa shape index (κ3) is 6.16. The van der Waals surface area contributed by atoms with E-state index in [-0.39, 0.29) is 6.54 Å². The minimum absolute atomic E-state index is 0.0450. The monoisotopic (exact) mass is 333 g/mol. The topological polar surface area (TPSA) is 93.5 Å². The maximum atomic E-state index is 11.0. The first kappa shape index (κ1) is 18.1. The number of rotatable bonds is 3. The molecule has 0 aromatic carbocycles. The largest absolute Gasteiger partial charge is 0.490 e. The number of carbonyl (C=O) groups is 2. The van der Waals surface area contributed by atoms with E-state index in [1.807, 2.05) is 0 Å². The highest BCUT2D eigenvalue weighted by atomic mass is 19.4. The van der Waals surface area contributed by atoms with Crippen LogP contribution in [-0.4, -0.2) is 35.5 Å². The van der Waals surface area contributed by atoms with Gasteiger partial charge in [0, 0.05) is 23.8 Å². The first-order valence-electron chi connectivity index (χ1n) is 6.01. The predicted molar refractivity (Wildman–Crippen MR) is 67.8 cm³/mol. The predicted octanol–water partition coefficient (Wildman–Crippen LogP) is 1.44. The standard InChI is InChI=1S/C10H8N2O3.C3H3F3O2/c13-10(14)7-12-5-2-8(3-6-12)9-1-4-11-15-9;1-8-2(7)3(4,5)6/h1-6H,7H2;1H3/p+1. The van der Waals surface area contributed by atoms with Gasteiger partial charge in [-0.2, -0.15) is 17.7 Å². The molecule has 1 N–H and O–H groups in total. The first-order valence-corrected chi connectivity index (χ1v) is 6.01. The Morgan fingerprint density at radius 3 is 2.26 bits per heavy atom. The molecule has 2 aromatic heterocycles. The fourth-order valence-electron chi connectivity index (χ4n) is 1.36. The van der Waals surface area contributed by atoms with Crippen molar-refractivity contribution in [1.82, 2.24) is 5.16 Å². The number of hydrogen-bond acceptors (Lipinski definition) is 5. The lowest BCUT2D eigenvalue weighted by Crippen LogP contribution is -2.36. The van der Waals surface area contributed by atoms with E-state index in [0.29, 0.717) is 12.9 Å². The van der Waals surface area contributed by atoms with E-state index in [9.17, 15) is 22.8 Å². The Morgan fingerprint density at radius 2 is 1.91 bits per heavy atom. The van der Waals surface area contributed by atoms with Crippen LogP contribution in [0.15, 0.2) is 41.3 Å². The summed E-state index contributed by atoms with van der Waals surface area (Å²) in [5.74, 6) is -2.37. The average Bonchev–Trinajstić information content (AvgIpc) is 3.00. The molecule has 2 heterocycles. The molecule has 0 saturated heterocycles. The van der Waals surface area contributed by atoms with E-state index in [0.717, 1.165) is 5.56 Å². The van der Waals surface area contributed by atoms with Crippen LogP contribution in [0.2, 0.25) is 0 Å². The summed E-state index contributed by atoms with van der Waals surface area (Å²) in [5.41, 5.74) is 0.870. The maximum absolute atomic E-state index is 11.0. The normalized spacial score (nSPS) is 10.4. The molecule has 0 saturated carbocycles. The van der Waals surface area contributed by atoms with Crippen molar-refractivity contribution in [2.45, 2.75) is 12.7 Å². The van der Waals surface area contributed by atoms with E-state index in [1.54, 1.807) is 41.4 Å². The second-order valence-corrected chi connectivity index (χ2v) is 4.02. The van der Waals surface area contributed by atoms with Crippen molar-refractivity contribution in [2.24, 2.45) is 0 Å². The van der Waals surface area contributed by atoms with Crippen molar-refractivity contribution >= 4 is 11.9 Å². The molecule has 2 rings (SSSR count). The van der Waals surface area contributed by atoms with Crippen LogP contribution in [0.3, 0.4) is 0 Å². The van der Waals surface area contributed by atoms with Crippen LogP contribution in [0.5, 0.6) is 0 Å². The molecular weight excluding hydrogens is 321 g/mol. The van der Waals surface area contributed by atoms with Crippen LogP contribution in [0.1, 0.15) is 0 Å². The maximum Gasteiger partial charge on any atom is 0.490 e. The number of aliphatic carboxylic acids is 1. The molecule has 0 bridgehead atoms. The molecule has 0 aliphatic heterocycles. The number of methoxy groups -OCH3 is 1. The molecule has 7 nitrogen and oxygen atoms in total. The number of carboxylic acid groups (broad SMARTS) is 1. The van der Waals surface area contributed by atoms with E-state index in [2.05, 4.69) is 9.89 Å². The molecule has 23 heavy (non-hydrogen) atoms. The molecular formula is C13H12F3N2O5+. The highest BCUT2D eigenvalue weighted by Gasteiger charge is 2.40. The van der Waals surface area contributed by atoms with Crippen LogP contribution < -0.4 is 4.57 Å². The number of pyridine rings is 1. The van der Waals surface area contributed by atoms with Gasteiger partial charge in [-0.25, -0.2) is 9.59 Å². The van der Waals surface area contributed by atoms with Gasteiger partial charge in [0.05, 0.1) is 13.3 Å². The zero-order valence-corrected chi connectivity index (χ0v) is 11.8. The Kier molecular flexibility index (Phi) is 6.24. The summed E-state index contributed by atoms with van der Waals surface area (Å²) in [5, 5.41) is 12.2. The summed E-state index contributed by atoms with van der Waals surface area (Å²) in [7, 11) is 0.676. The molecule has 10 heteroatoms. The van der Waals surface area contributed by atoms with Crippen LogP contribution in [-0.2, 0) is 20.9 Å². The second kappa shape index (κ2) is 7.92. The molecule has 0 aliphatic carbocycles. The van der Waals surface area contributed by atoms with Crippen molar-refractivity contribution < 1.29 is 41.7 Å². The van der Waals surface area contributed by atoms with Gasteiger partial charge in [-0.3, -0.25) is 0 Å². The van der Waals surface area contributed by atoms with Crippen LogP contribution in [0, 0.1) is 0 Å². The number of alkyl halides is 3. The molecule has 0 amide bonds. The zero-order chi connectivity index (χ0) is 17.5. The molecule has 124 valence electrons. The van der Waals surface area contributed by atoms with Gasteiger partial charge < -0.3 is 14.4 Å². The quantitative estimate of drug-likeness (QED) is 0.675. The van der Waals surface area contributed by atoms with E-state index >= 15 is 0 Å². The van der Waals surface area contributed by atoms with Gasteiger partial charge in [0.1, 0.15) is 0 Å². The first-order chi connectivity index (χ1) is 10.7. The van der Waals surface area contributed by atoms with Gasteiger partial charge in [0.25, 0.3) is 0 Å². The SMILES string of the molecule is COC(=O)C(F)(F)F.O=C(O)C[n+]1ccc(-c2ccno2)cc1. The molecule has 0 radical (unpaired) electrons. The lowest BCUT2D eigenvalue weighted by molar-refractivity contribution is -0.685. The average molecular weight is 333 g/mol. The molecule has 0 unspecified atom stereocenters. The van der Waals surface area contributed by atoms with Crippen molar-refractivity contribution in [1.29, 1.82) is 0 Å². The lowest BCUT2D eigenvalue weighted by atomic mass is 10.2. The summed E-state index contributed by atoms with van der Waals surface area (Å²) >= 11 is 0. The summed E-state index contributed by atoms with van der Waals surface area (Å²) < 4.78 is 42.8. The number of aromatic nitrogens is 2. The smallest absolute Gasteiger partial charge is 0.477 e. The Labute approximate surface area is 127 Å². The molecule has 0 spiro atoms. The van der Waals surface area contributed by atoms with Gasteiger partial charge in [0.15, 0.2) is 18.2 Å². The molecule has 0 fully saturated rings. The van der Waals surface area contributed by atoms with Gasteiger partial charge in [-0.1, -0.05) is 5.16 Å². The summed E-state index contributed by atoms with van der Waals surface area (Å²) in [6, 6.07) is 5.31. The van der Waals surface area contributed by atoms with E-state index in [1.165, 1.54) is 0 Å². The number of hydrogen-bond donors (Lipinski definition) is 1. The number of ether oxygens (including phenoxy) is 1. The fourth-order valence-corrected chi connectivity index (χ4v) is 1.36. The van der Waals surface area contributed by atoms with E-state index in [4.69, 9.17) is 9.63 Å². The summed E-state index contributed by atoms with van der Waals surface area (Å²) in [4.78, 5) is 19.9. The number of esters is 1. The number of carboxylic acids is 1. The van der Waals surface area contributed by atoms with Gasteiger partial charge in [-0.05, 0) is 0 Å². The molecule has 2 aromatic rings. The van der Waals surface area contributed by atoms with Crippen molar-refractivity contribution in [3.8, 4) is 11.3 Å². The zero-order valence-electron chi connectivity index (χ0n) is 11.8. The highest BCUT2D eigenvalue weighted by molar-refractivity contribution is 5.75. The third-order valence-corrected chi connectivity index (χ3v) is 2.35. The lowest BCUT2D eigenvalue weighted by Gasteiger charge is -1.99. The van der Waals surface area contributed by atoms with Gasteiger partial charge in [-0.15, -0.1) is 0 Å². The molecule has 0 aliphatic rings. The van der Waals surface area contributed by atoms with Crippen molar-refractivity contribution in [2.75, 3.05) is 7.11 Å². The highest BCUT2D eigenvalue weighted by Crippen LogP contribution is 2.16. The van der Waals surface area contributed by atoms with Crippen molar-refractivity contribution in [3.63, 3.8) is 0 Å². The van der Waals surface area contributed by atoms with Crippen LogP contribution >= 0.6 is 0 Å². The summed E-state index contributed by atoms with van der Waals surface area (Å²) in [6.45, 7) is -0.0450. The molecule has 0 atom stereocenters. The van der Waals surface area contributed by atoms with E-state index < -0.39 is 18.1 Å². The Morgan fingerprint density at radius 1 is 1.30 bits per heavy atom. The second-order valence-electron chi connectivity index (χ2n) is 4.02. The van der Waals surface area contributed by atoms with Crippen LogP contribution in [0.25, 0.3) is 11.3 Å². The number of nitrogens with zero attached hydrogens (tertiary/aromatic N) is 2. The van der Waals surface area contributed by atoms with Gasteiger partial charge >= 0.3 is 18.1 Å². The minimum Gasteiger partial charge on any atom is -0.477 e. The van der Waals surface area contributed by atoms with Gasteiger partial charge in [0.2, 0.25) is 6.54 Å². The third-order valence-electron chi connectivity index (χ3n) is 2.35. The number of carbonyl (C=O) groups excluding carboxylic acids is 1. The Hall–Kier alpha value is -2.91. The number of halogens is 3. The fraction of sp³-hybridized carbons (Fsp3) is 0.231. The Balaban J connectivity index is 0.000000284. The Bertz CT molecular complexity index is 639. The van der Waals surface area contributed by atoms with Crippen molar-refractivity contribution in [3.05, 3.63) is 36.8 Å². The minimum atomic E-state index is -4.85. The van der Waals surface area contributed by atoms with Crippen LogP contribution in [0.4, 0.5) is 13.2 Å².